The van der Waals surface area contributed by atoms with Crippen molar-refractivity contribution in [3.05, 3.63) is 81.6 Å². The summed E-state index contributed by atoms with van der Waals surface area (Å²) in [4.78, 5) is 12.7. The van der Waals surface area contributed by atoms with Gasteiger partial charge in [0.25, 0.3) is 5.91 Å². The minimum absolute atomic E-state index is 0.110. The number of ether oxygens (including phenoxy) is 1. The predicted octanol–water partition coefficient (Wildman–Crippen LogP) is 5.04. The van der Waals surface area contributed by atoms with Crippen LogP contribution in [0.1, 0.15) is 47.1 Å². The molecule has 1 N–H and O–H groups in total. The maximum atomic E-state index is 12.7. The Morgan fingerprint density at radius 1 is 1.25 bits per heavy atom. The molecule has 2 aromatic carbocycles. The highest BCUT2D eigenvalue weighted by molar-refractivity contribution is 9.10. The topological polar surface area (TPSA) is 56.2 Å². The lowest BCUT2D eigenvalue weighted by molar-refractivity contribution is 0.0939. The summed E-state index contributed by atoms with van der Waals surface area (Å²) in [5.74, 6) is 0.678. The van der Waals surface area contributed by atoms with Gasteiger partial charge in [0.1, 0.15) is 12.4 Å². The van der Waals surface area contributed by atoms with Crippen LogP contribution in [0.15, 0.2) is 59.2 Å². The normalized spacial score (nSPS) is 11.9. The summed E-state index contributed by atoms with van der Waals surface area (Å²) in [7, 11) is 0. The van der Waals surface area contributed by atoms with E-state index in [2.05, 4.69) is 26.3 Å². The highest BCUT2D eigenvalue weighted by atomic mass is 79.9. The molecule has 0 radical (unpaired) electrons. The van der Waals surface area contributed by atoms with Gasteiger partial charge in [0, 0.05) is 28.3 Å². The van der Waals surface area contributed by atoms with Gasteiger partial charge in [0.15, 0.2) is 0 Å². The van der Waals surface area contributed by atoms with E-state index in [9.17, 15) is 4.79 Å². The number of aromatic nitrogens is 2. The molecule has 0 fully saturated rings. The van der Waals surface area contributed by atoms with E-state index in [0.717, 1.165) is 33.6 Å². The second-order valence-corrected chi connectivity index (χ2v) is 7.58. The lowest BCUT2D eigenvalue weighted by Crippen LogP contribution is -2.27. The molecule has 0 saturated carbocycles. The number of aryl methyl sites for hydroxylation is 2. The molecular formula is C22H24BrN3O2. The fourth-order valence-electron chi connectivity index (χ4n) is 2.98. The zero-order chi connectivity index (χ0) is 20.1. The van der Waals surface area contributed by atoms with Gasteiger partial charge in [-0.15, -0.1) is 0 Å². The maximum absolute atomic E-state index is 12.7. The Hall–Kier alpha value is -2.60. The van der Waals surface area contributed by atoms with Crippen LogP contribution in [0.4, 0.5) is 0 Å². The third-order valence-corrected chi connectivity index (χ3v) is 5.06. The Balaban J connectivity index is 1.64. The summed E-state index contributed by atoms with van der Waals surface area (Å²) in [5.41, 5.74) is 3.53. The van der Waals surface area contributed by atoms with Crippen LogP contribution >= 0.6 is 15.9 Å². The van der Waals surface area contributed by atoms with Gasteiger partial charge < -0.3 is 10.1 Å². The molecule has 28 heavy (non-hydrogen) atoms. The van der Waals surface area contributed by atoms with E-state index >= 15 is 0 Å². The molecule has 0 aliphatic heterocycles. The lowest BCUT2D eigenvalue weighted by atomic mass is 10.1. The summed E-state index contributed by atoms with van der Waals surface area (Å²) in [6.45, 7) is 7.19. The van der Waals surface area contributed by atoms with Crippen molar-refractivity contribution >= 4 is 21.8 Å². The molecule has 0 aliphatic carbocycles. The fraction of sp³-hybridized carbons (Fsp3) is 0.273. The van der Waals surface area contributed by atoms with E-state index in [0.29, 0.717) is 12.2 Å². The zero-order valence-corrected chi connectivity index (χ0v) is 17.9. The largest absolute Gasteiger partial charge is 0.489 e. The standard InChI is InChI=1S/C22H24BrN3O2/c1-4-26-13-21(16(3)25-26)15(2)24-22(27)18-7-5-6-17(12-18)14-28-20-10-8-19(23)9-11-20/h5-13,15H,4,14H2,1-3H3,(H,24,27)/t15-/m1/s1. The summed E-state index contributed by atoms with van der Waals surface area (Å²) in [6, 6.07) is 15.1. The van der Waals surface area contributed by atoms with Crippen molar-refractivity contribution in [2.45, 2.75) is 40.0 Å². The molecule has 1 aromatic heterocycles. The van der Waals surface area contributed by atoms with Gasteiger partial charge in [0.05, 0.1) is 11.7 Å². The van der Waals surface area contributed by atoms with Gasteiger partial charge in [-0.05, 0) is 62.7 Å². The van der Waals surface area contributed by atoms with Crippen LogP contribution in [0, 0.1) is 6.92 Å². The number of carbonyl (C=O) groups excluding carboxylic acids is 1. The van der Waals surface area contributed by atoms with Crippen LogP contribution in [0.2, 0.25) is 0 Å². The number of halogens is 1. The summed E-state index contributed by atoms with van der Waals surface area (Å²) >= 11 is 3.41. The molecule has 3 rings (SSSR count). The molecule has 6 heteroatoms. The van der Waals surface area contributed by atoms with Crippen molar-refractivity contribution < 1.29 is 9.53 Å². The number of carbonyl (C=O) groups is 1. The molecule has 0 saturated heterocycles. The van der Waals surface area contributed by atoms with E-state index in [-0.39, 0.29) is 11.9 Å². The van der Waals surface area contributed by atoms with E-state index in [1.54, 1.807) is 0 Å². The Labute approximate surface area is 173 Å². The molecule has 0 bridgehead atoms. The first-order valence-corrected chi connectivity index (χ1v) is 10.1. The molecule has 1 atom stereocenters. The van der Waals surface area contributed by atoms with Crippen LogP contribution in [0.3, 0.4) is 0 Å². The number of nitrogens with zero attached hydrogens (tertiary/aromatic N) is 2. The third-order valence-electron chi connectivity index (χ3n) is 4.53. The second-order valence-electron chi connectivity index (χ2n) is 6.66. The molecule has 0 spiro atoms. The summed E-state index contributed by atoms with van der Waals surface area (Å²) < 4.78 is 8.69. The van der Waals surface area contributed by atoms with Gasteiger partial charge in [0.2, 0.25) is 0 Å². The molecule has 0 unspecified atom stereocenters. The van der Waals surface area contributed by atoms with Gasteiger partial charge in [-0.3, -0.25) is 9.48 Å². The second kappa shape index (κ2) is 9.06. The van der Waals surface area contributed by atoms with Crippen LogP contribution < -0.4 is 10.1 Å². The first kappa shape index (κ1) is 20.1. The van der Waals surface area contributed by atoms with Gasteiger partial charge in [-0.25, -0.2) is 0 Å². The van der Waals surface area contributed by atoms with Crippen molar-refractivity contribution in [2.75, 3.05) is 0 Å². The van der Waals surface area contributed by atoms with Crippen LogP contribution in [-0.2, 0) is 13.2 Å². The molecular weight excluding hydrogens is 418 g/mol. The van der Waals surface area contributed by atoms with Gasteiger partial charge in [-0.1, -0.05) is 28.1 Å². The van der Waals surface area contributed by atoms with Crippen LogP contribution in [0.5, 0.6) is 5.75 Å². The lowest BCUT2D eigenvalue weighted by Gasteiger charge is -2.14. The van der Waals surface area contributed by atoms with Crippen molar-refractivity contribution in [3.8, 4) is 5.75 Å². The molecule has 1 amide bonds. The molecule has 0 aliphatic rings. The maximum Gasteiger partial charge on any atom is 0.251 e. The Kier molecular flexibility index (Phi) is 6.52. The molecule has 146 valence electrons. The van der Waals surface area contributed by atoms with Crippen LogP contribution in [-0.4, -0.2) is 15.7 Å². The minimum Gasteiger partial charge on any atom is -0.489 e. The molecule has 1 heterocycles. The van der Waals surface area contributed by atoms with E-state index in [1.165, 1.54) is 0 Å². The predicted molar refractivity (Wildman–Crippen MR) is 113 cm³/mol. The van der Waals surface area contributed by atoms with Gasteiger partial charge >= 0.3 is 0 Å². The number of nitrogens with one attached hydrogen (secondary N) is 1. The average Bonchev–Trinajstić information content (AvgIpc) is 3.09. The fourth-order valence-corrected chi connectivity index (χ4v) is 3.24. The monoisotopic (exact) mass is 441 g/mol. The van der Waals surface area contributed by atoms with Crippen LogP contribution in [0.25, 0.3) is 0 Å². The zero-order valence-electron chi connectivity index (χ0n) is 16.3. The summed E-state index contributed by atoms with van der Waals surface area (Å²) in [6.07, 6.45) is 1.99. The van der Waals surface area contributed by atoms with Gasteiger partial charge in [-0.2, -0.15) is 5.10 Å². The van der Waals surface area contributed by atoms with E-state index in [4.69, 9.17) is 4.74 Å². The van der Waals surface area contributed by atoms with Crippen molar-refractivity contribution in [1.82, 2.24) is 15.1 Å². The number of benzene rings is 2. The quantitative estimate of drug-likeness (QED) is 0.558. The number of rotatable bonds is 7. The molecule has 5 nitrogen and oxygen atoms in total. The first-order valence-electron chi connectivity index (χ1n) is 9.28. The summed E-state index contributed by atoms with van der Waals surface area (Å²) in [5, 5.41) is 7.51. The third kappa shape index (κ3) is 5.01. The Morgan fingerprint density at radius 3 is 2.68 bits per heavy atom. The highest BCUT2D eigenvalue weighted by Gasteiger charge is 2.16. The van der Waals surface area contributed by atoms with E-state index < -0.39 is 0 Å². The van der Waals surface area contributed by atoms with Crippen molar-refractivity contribution in [2.24, 2.45) is 0 Å². The van der Waals surface area contributed by atoms with Crippen molar-refractivity contribution in [3.63, 3.8) is 0 Å². The van der Waals surface area contributed by atoms with Crippen molar-refractivity contribution in [1.29, 1.82) is 0 Å². The molecule has 3 aromatic rings. The highest BCUT2D eigenvalue weighted by Crippen LogP contribution is 2.19. The number of hydrogen-bond donors (Lipinski definition) is 1. The Bertz CT molecular complexity index is 951. The smallest absolute Gasteiger partial charge is 0.251 e. The number of hydrogen-bond acceptors (Lipinski definition) is 3. The van der Waals surface area contributed by atoms with E-state index in [1.807, 2.05) is 80.2 Å². The SMILES string of the molecule is CCn1cc([C@@H](C)NC(=O)c2cccc(COc3ccc(Br)cc3)c2)c(C)n1. The first-order chi connectivity index (χ1) is 13.5. The number of amides is 1. The average molecular weight is 442 g/mol. The Morgan fingerprint density at radius 2 is 2.00 bits per heavy atom. The minimum atomic E-state index is -0.115.